The number of carbonyl (C=O) groups is 1. The van der Waals surface area contributed by atoms with Crippen molar-refractivity contribution in [3.8, 4) is 0 Å². The van der Waals surface area contributed by atoms with Crippen molar-refractivity contribution in [1.29, 1.82) is 0 Å². The van der Waals surface area contributed by atoms with Gasteiger partial charge in [-0.05, 0) is 19.9 Å². The van der Waals surface area contributed by atoms with Gasteiger partial charge in [-0.15, -0.1) is 0 Å². The van der Waals surface area contributed by atoms with Gasteiger partial charge in [0.05, 0.1) is 18.8 Å². The first kappa shape index (κ1) is 15.4. The summed E-state index contributed by atoms with van der Waals surface area (Å²) in [4.78, 5) is 18.3. The summed E-state index contributed by atoms with van der Waals surface area (Å²) in [5.74, 6) is -0.651. The van der Waals surface area contributed by atoms with E-state index in [2.05, 4.69) is 4.98 Å². The van der Waals surface area contributed by atoms with Crippen LogP contribution in [0.2, 0.25) is 0 Å². The number of hydrogen-bond donors (Lipinski definition) is 0. The molecule has 0 bridgehead atoms. The van der Waals surface area contributed by atoms with Crippen molar-refractivity contribution < 1.29 is 13.9 Å². The molecular weight excluding hydrogens is 291 g/mol. The quantitative estimate of drug-likeness (QED) is 0.810. The zero-order valence-electron chi connectivity index (χ0n) is 12.4. The normalized spacial score (nSPS) is 12.0. The van der Waals surface area contributed by atoms with Crippen LogP contribution in [0.5, 0.6) is 0 Å². The number of benzene rings is 1. The molecule has 0 radical (unpaired) electrons. The number of hydrogen-bond acceptors (Lipinski definition) is 5. The summed E-state index contributed by atoms with van der Waals surface area (Å²) >= 11 is 1.25. The van der Waals surface area contributed by atoms with E-state index in [-0.39, 0.29) is 11.9 Å². The van der Waals surface area contributed by atoms with Crippen LogP contribution >= 0.6 is 11.3 Å². The highest BCUT2D eigenvalue weighted by Crippen LogP contribution is 2.32. The highest BCUT2D eigenvalue weighted by molar-refractivity contribution is 7.17. The third-order valence-corrected chi connectivity index (χ3v) is 4.62. The van der Waals surface area contributed by atoms with Crippen LogP contribution in [0, 0.1) is 12.7 Å². The summed E-state index contributed by atoms with van der Waals surface area (Å²) in [6, 6.07) is 6.46. The minimum Gasteiger partial charge on any atom is -0.465 e. The molecule has 1 aromatic carbocycles. The minimum atomic E-state index is -0.400. The van der Waals surface area contributed by atoms with Gasteiger partial charge in [0, 0.05) is 12.6 Å². The van der Waals surface area contributed by atoms with E-state index in [0.29, 0.717) is 21.3 Å². The van der Waals surface area contributed by atoms with E-state index in [0.717, 1.165) is 0 Å². The number of carbonyl (C=O) groups excluding carboxylic acids is 1. The van der Waals surface area contributed by atoms with Gasteiger partial charge in [-0.3, -0.25) is 0 Å². The number of esters is 1. The summed E-state index contributed by atoms with van der Waals surface area (Å²) in [6.45, 7) is 3.65. The van der Waals surface area contributed by atoms with Crippen LogP contribution in [0.15, 0.2) is 24.3 Å². The lowest BCUT2D eigenvalue weighted by atomic mass is 10.1. The average molecular weight is 308 g/mol. The van der Waals surface area contributed by atoms with Crippen molar-refractivity contribution in [2.45, 2.75) is 19.9 Å². The van der Waals surface area contributed by atoms with Crippen LogP contribution in [0.4, 0.5) is 9.52 Å². The van der Waals surface area contributed by atoms with Gasteiger partial charge < -0.3 is 9.64 Å². The summed E-state index contributed by atoms with van der Waals surface area (Å²) in [5.41, 5.74) is 1.21. The van der Waals surface area contributed by atoms with Crippen LogP contribution in [0.3, 0.4) is 0 Å². The molecule has 0 saturated heterocycles. The maximum Gasteiger partial charge on any atom is 0.350 e. The second kappa shape index (κ2) is 6.22. The summed E-state index contributed by atoms with van der Waals surface area (Å²) < 4.78 is 18.6. The van der Waals surface area contributed by atoms with Gasteiger partial charge in [-0.1, -0.05) is 29.5 Å². The molecule has 0 aliphatic rings. The topological polar surface area (TPSA) is 42.4 Å². The molecule has 4 nitrogen and oxygen atoms in total. The van der Waals surface area contributed by atoms with Crippen molar-refractivity contribution in [1.82, 2.24) is 4.98 Å². The number of aryl methyl sites for hydroxylation is 1. The lowest BCUT2D eigenvalue weighted by molar-refractivity contribution is 0.0605. The molecule has 0 N–H and O–H groups in total. The molecule has 6 heteroatoms. The van der Waals surface area contributed by atoms with E-state index in [1.165, 1.54) is 24.5 Å². The number of halogens is 1. The van der Waals surface area contributed by atoms with E-state index in [9.17, 15) is 9.18 Å². The van der Waals surface area contributed by atoms with Crippen molar-refractivity contribution in [3.05, 3.63) is 46.2 Å². The molecule has 1 unspecified atom stereocenters. The smallest absolute Gasteiger partial charge is 0.350 e. The SMILES string of the molecule is COC(=O)c1sc(N(C)C(C)c2ccccc2F)nc1C. The fourth-order valence-corrected chi connectivity index (χ4v) is 3.03. The monoisotopic (exact) mass is 308 g/mol. The summed E-state index contributed by atoms with van der Waals surface area (Å²) in [5, 5.41) is 0.656. The van der Waals surface area contributed by atoms with Gasteiger partial charge in [0.25, 0.3) is 0 Å². The van der Waals surface area contributed by atoms with Gasteiger partial charge >= 0.3 is 5.97 Å². The first-order chi connectivity index (χ1) is 9.95. The molecule has 21 heavy (non-hydrogen) atoms. The van der Waals surface area contributed by atoms with Crippen LogP contribution in [0.25, 0.3) is 0 Å². The van der Waals surface area contributed by atoms with E-state index in [4.69, 9.17) is 4.74 Å². The fraction of sp³-hybridized carbons (Fsp3) is 0.333. The predicted molar refractivity (Wildman–Crippen MR) is 81.4 cm³/mol. The Hall–Kier alpha value is -1.95. The minimum absolute atomic E-state index is 0.192. The number of aromatic nitrogens is 1. The van der Waals surface area contributed by atoms with Crippen molar-refractivity contribution >= 4 is 22.4 Å². The molecule has 2 rings (SSSR count). The Balaban J connectivity index is 2.30. The van der Waals surface area contributed by atoms with Gasteiger partial charge in [-0.2, -0.15) is 0 Å². The van der Waals surface area contributed by atoms with Gasteiger partial charge in [-0.25, -0.2) is 14.2 Å². The molecular formula is C15H17FN2O2S. The van der Waals surface area contributed by atoms with Gasteiger partial charge in [0.2, 0.25) is 0 Å². The summed E-state index contributed by atoms with van der Waals surface area (Å²) in [6.07, 6.45) is 0. The Morgan fingerprint density at radius 3 is 2.71 bits per heavy atom. The molecule has 1 atom stereocenters. The number of ether oxygens (including phenoxy) is 1. The highest BCUT2D eigenvalue weighted by atomic mass is 32.1. The molecule has 0 amide bonds. The number of methoxy groups -OCH3 is 1. The number of nitrogens with zero attached hydrogens (tertiary/aromatic N) is 2. The van der Waals surface area contributed by atoms with E-state index in [1.807, 2.05) is 18.9 Å². The molecule has 0 saturated carbocycles. The Morgan fingerprint density at radius 1 is 1.43 bits per heavy atom. The Kier molecular flexibility index (Phi) is 4.57. The molecule has 112 valence electrons. The zero-order chi connectivity index (χ0) is 15.6. The molecule has 0 spiro atoms. The predicted octanol–water partition coefficient (Wildman–Crippen LogP) is 3.57. The molecule has 1 heterocycles. The van der Waals surface area contributed by atoms with Crippen molar-refractivity contribution in [2.24, 2.45) is 0 Å². The van der Waals surface area contributed by atoms with Gasteiger partial charge in [0.1, 0.15) is 10.7 Å². The van der Waals surface area contributed by atoms with Crippen molar-refractivity contribution in [3.63, 3.8) is 0 Å². The third kappa shape index (κ3) is 3.05. The number of thiazole rings is 1. The Bertz CT molecular complexity index is 657. The average Bonchev–Trinajstić information content (AvgIpc) is 2.87. The molecule has 0 aliphatic carbocycles. The van der Waals surface area contributed by atoms with E-state index < -0.39 is 5.97 Å². The van der Waals surface area contributed by atoms with Crippen LogP contribution in [-0.4, -0.2) is 25.1 Å². The fourth-order valence-electron chi connectivity index (χ4n) is 2.00. The number of rotatable bonds is 4. The summed E-state index contributed by atoms with van der Waals surface area (Å²) in [7, 11) is 3.17. The van der Waals surface area contributed by atoms with E-state index in [1.54, 1.807) is 25.1 Å². The van der Waals surface area contributed by atoms with Crippen molar-refractivity contribution in [2.75, 3.05) is 19.1 Å². The molecule has 0 fully saturated rings. The number of anilines is 1. The van der Waals surface area contributed by atoms with Crippen LogP contribution < -0.4 is 4.90 Å². The van der Waals surface area contributed by atoms with Gasteiger partial charge in [0.15, 0.2) is 5.13 Å². The first-order valence-electron chi connectivity index (χ1n) is 6.48. The first-order valence-corrected chi connectivity index (χ1v) is 7.30. The lowest BCUT2D eigenvalue weighted by Crippen LogP contribution is -2.22. The maximum absolute atomic E-state index is 13.9. The van der Waals surface area contributed by atoms with E-state index >= 15 is 0 Å². The Morgan fingerprint density at radius 2 is 2.10 bits per heavy atom. The second-order valence-corrected chi connectivity index (χ2v) is 5.69. The second-order valence-electron chi connectivity index (χ2n) is 4.71. The molecule has 0 aliphatic heterocycles. The lowest BCUT2D eigenvalue weighted by Gasteiger charge is -2.24. The molecule has 2 aromatic rings. The largest absolute Gasteiger partial charge is 0.465 e. The zero-order valence-corrected chi connectivity index (χ0v) is 13.2. The Labute approximate surface area is 127 Å². The maximum atomic E-state index is 13.9. The van der Waals surface area contributed by atoms with Crippen LogP contribution in [-0.2, 0) is 4.74 Å². The molecule has 1 aromatic heterocycles. The third-order valence-electron chi connectivity index (χ3n) is 3.39. The highest BCUT2D eigenvalue weighted by Gasteiger charge is 2.22. The van der Waals surface area contributed by atoms with Crippen LogP contribution in [0.1, 0.15) is 33.9 Å². The standard InChI is InChI=1S/C15H17FN2O2S/c1-9-13(14(19)20-4)21-15(17-9)18(3)10(2)11-7-5-6-8-12(11)16/h5-8,10H,1-4H3.